The summed E-state index contributed by atoms with van der Waals surface area (Å²) in [4.78, 5) is 12.1. The van der Waals surface area contributed by atoms with E-state index in [1.54, 1.807) is 18.4 Å². The van der Waals surface area contributed by atoms with Gasteiger partial charge in [0.2, 0.25) is 0 Å². The summed E-state index contributed by atoms with van der Waals surface area (Å²) in [5, 5.41) is 7.73. The lowest BCUT2D eigenvalue weighted by molar-refractivity contribution is 0.0389. The first kappa shape index (κ1) is 15.2. The van der Waals surface area contributed by atoms with Crippen LogP contribution in [-0.2, 0) is 11.3 Å². The van der Waals surface area contributed by atoms with Crippen LogP contribution < -0.4 is 10.6 Å². The number of aryl methyl sites for hydroxylation is 1. The minimum atomic E-state index is 0.767. The molecule has 0 atom stereocenters. The zero-order valence-corrected chi connectivity index (χ0v) is 13.0. The van der Waals surface area contributed by atoms with Crippen LogP contribution >= 0.6 is 11.3 Å². The lowest BCUT2D eigenvalue weighted by atomic mass is 10.4. The molecule has 1 aliphatic rings. The van der Waals surface area contributed by atoms with E-state index in [-0.39, 0.29) is 0 Å². The quantitative estimate of drug-likeness (QED) is 0.610. The van der Waals surface area contributed by atoms with Gasteiger partial charge in [-0.25, -0.2) is 4.98 Å². The third kappa shape index (κ3) is 5.07. The second kappa shape index (κ2) is 8.18. The van der Waals surface area contributed by atoms with E-state index in [1.165, 1.54) is 4.88 Å². The summed E-state index contributed by atoms with van der Waals surface area (Å²) in [7, 11) is 1.79. The van der Waals surface area contributed by atoms with Crippen molar-refractivity contribution in [1.29, 1.82) is 0 Å². The number of ether oxygens (including phenoxy) is 1. The zero-order chi connectivity index (χ0) is 14.2. The number of nitrogens with zero attached hydrogens (tertiary/aromatic N) is 3. The van der Waals surface area contributed by atoms with Crippen LogP contribution in [0.3, 0.4) is 0 Å². The van der Waals surface area contributed by atoms with Gasteiger partial charge in [0.25, 0.3) is 0 Å². The van der Waals surface area contributed by atoms with Crippen molar-refractivity contribution in [2.24, 2.45) is 4.99 Å². The Labute approximate surface area is 124 Å². The lowest BCUT2D eigenvalue weighted by Crippen LogP contribution is -2.44. The molecule has 0 bridgehead atoms. The molecule has 0 aliphatic carbocycles. The predicted octanol–water partition coefficient (Wildman–Crippen LogP) is 0.449. The molecule has 112 valence electrons. The van der Waals surface area contributed by atoms with Gasteiger partial charge in [-0.3, -0.25) is 9.89 Å². The van der Waals surface area contributed by atoms with E-state index in [1.807, 2.05) is 13.1 Å². The molecule has 0 unspecified atom stereocenters. The Morgan fingerprint density at radius 1 is 1.45 bits per heavy atom. The summed E-state index contributed by atoms with van der Waals surface area (Å²) >= 11 is 1.71. The lowest BCUT2D eigenvalue weighted by Gasteiger charge is -2.26. The van der Waals surface area contributed by atoms with E-state index in [2.05, 4.69) is 25.5 Å². The van der Waals surface area contributed by atoms with E-state index in [0.717, 1.165) is 56.9 Å². The van der Waals surface area contributed by atoms with Crippen molar-refractivity contribution in [3.8, 4) is 0 Å². The van der Waals surface area contributed by atoms with Crippen LogP contribution in [-0.4, -0.2) is 62.3 Å². The van der Waals surface area contributed by atoms with Crippen LogP contribution in [0.4, 0.5) is 0 Å². The molecule has 2 N–H and O–H groups in total. The monoisotopic (exact) mass is 297 g/mol. The molecule has 2 rings (SSSR count). The number of guanidine groups is 1. The number of aromatic nitrogens is 1. The molecule has 0 radical (unpaired) electrons. The summed E-state index contributed by atoms with van der Waals surface area (Å²) in [5.74, 6) is 0.837. The molecule has 2 heterocycles. The maximum Gasteiger partial charge on any atom is 0.191 e. The zero-order valence-electron chi connectivity index (χ0n) is 12.2. The Morgan fingerprint density at radius 3 is 2.90 bits per heavy atom. The van der Waals surface area contributed by atoms with E-state index >= 15 is 0 Å². The van der Waals surface area contributed by atoms with Gasteiger partial charge in [0, 0.05) is 44.3 Å². The van der Waals surface area contributed by atoms with Crippen LogP contribution in [0.25, 0.3) is 0 Å². The van der Waals surface area contributed by atoms with Crippen LogP contribution in [0.15, 0.2) is 11.2 Å². The smallest absolute Gasteiger partial charge is 0.191 e. The fraction of sp³-hybridized carbons (Fsp3) is 0.692. The molecule has 1 fully saturated rings. The Kier molecular flexibility index (Phi) is 6.23. The van der Waals surface area contributed by atoms with Crippen molar-refractivity contribution in [3.05, 3.63) is 16.1 Å². The highest BCUT2D eigenvalue weighted by Gasteiger charge is 2.09. The molecule has 0 amide bonds. The van der Waals surface area contributed by atoms with Gasteiger partial charge in [-0.05, 0) is 6.92 Å². The molecule has 7 heteroatoms. The largest absolute Gasteiger partial charge is 0.379 e. The SMILES string of the molecule is CN=C(NCCN1CCOCC1)NCc1cnc(C)s1. The van der Waals surface area contributed by atoms with Gasteiger partial charge in [0.05, 0.1) is 24.8 Å². The molecule has 0 saturated carbocycles. The highest BCUT2D eigenvalue weighted by Crippen LogP contribution is 2.10. The molecule has 20 heavy (non-hydrogen) atoms. The topological polar surface area (TPSA) is 61.8 Å². The summed E-state index contributed by atoms with van der Waals surface area (Å²) in [5.41, 5.74) is 0. The second-order valence-electron chi connectivity index (χ2n) is 4.65. The fourth-order valence-corrected chi connectivity index (χ4v) is 2.77. The van der Waals surface area contributed by atoms with Crippen LogP contribution in [0.2, 0.25) is 0 Å². The standard InChI is InChI=1S/C13H23N5OS/c1-11-16-9-12(20-11)10-17-13(14-2)15-3-4-18-5-7-19-8-6-18/h9H,3-8,10H2,1-2H3,(H2,14,15,17). The molecule has 6 nitrogen and oxygen atoms in total. The molecule has 0 aromatic carbocycles. The number of hydrogen-bond donors (Lipinski definition) is 2. The number of morpholine rings is 1. The van der Waals surface area contributed by atoms with Gasteiger partial charge < -0.3 is 15.4 Å². The molecule has 0 spiro atoms. The Balaban J connectivity index is 1.64. The first-order valence-corrected chi connectivity index (χ1v) is 7.75. The minimum absolute atomic E-state index is 0.767. The Hall–Kier alpha value is -1.18. The van der Waals surface area contributed by atoms with Crippen LogP contribution in [0, 0.1) is 6.92 Å². The maximum absolute atomic E-state index is 5.33. The highest BCUT2D eigenvalue weighted by molar-refractivity contribution is 7.11. The van der Waals surface area contributed by atoms with Gasteiger partial charge in [-0.1, -0.05) is 0 Å². The Morgan fingerprint density at radius 2 is 2.25 bits per heavy atom. The van der Waals surface area contributed by atoms with Crippen LogP contribution in [0.1, 0.15) is 9.88 Å². The van der Waals surface area contributed by atoms with Crippen molar-refractivity contribution in [1.82, 2.24) is 20.5 Å². The summed E-state index contributed by atoms with van der Waals surface area (Å²) in [6.07, 6.45) is 1.91. The molecule has 1 aromatic rings. The van der Waals surface area contributed by atoms with E-state index in [4.69, 9.17) is 4.74 Å². The van der Waals surface area contributed by atoms with E-state index < -0.39 is 0 Å². The molecular formula is C13H23N5OS. The van der Waals surface area contributed by atoms with Crippen molar-refractivity contribution in [2.45, 2.75) is 13.5 Å². The van der Waals surface area contributed by atoms with Gasteiger partial charge in [-0.15, -0.1) is 11.3 Å². The van der Waals surface area contributed by atoms with E-state index in [9.17, 15) is 0 Å². The number of hydrogen-bond acceptors (Lipinski definition) is 5. The van der Waals surface area contributed by atoms with Gasteiger partial charge in [0.1, 0.15) is 0 Å². The normalized spacial score (nSPS) is 17.2. The first-order chi connectivity index (χ1) is 9.78. The minimum Gasteiger partial charge on any atom is -0.379 e. The number of thiazole rings is 1. The predicted molar refractivity (Wildman–Crippen MR) is 82.3 cm³/mol. The molecular weight excluding hydrogens is 274 g/mol. The van der Waals surface area contributed by atoms with Crippen molar-refractivity contribution in [3.63, 3.8) is 0 Å². The number of aliphatic imine (C=N–C) groups is 1. The van der Waals surface area contributed by atoms with Crippen molar-refractivity contribution in [2.75, 3.05) is 46.4 Å². The van der Waals surface area contributed by atoms with Crippen molar-refractivity contribution >= 4 is 17.3 Å². The average Bonchev–Trinajstić information content (AvgIpc) is 2.89. The van der Waals surface area contributed by atoms with Crippen LogP contribution in [0.5, 0.6) is 0 Å². The van der Waals surface area contributed by atoms with Gasteiger partial charge in [-0.2, -0.15) is 0 Å². The maximum atomic E-state index is 5.33. The summed E-state index contributed by atoms with van der Waals surface area (Å²) in [6, 6.07) is 0. The summed E-state index contributed by atoms with van der Waals surface area (Å²) in [6.45, 7) is 8.43. The van der Waals surface area contributed by atoms with Gasteiger partial charge >= 0.3 is 0 Å². The number of rotatable bonds is 5. The van der Waals surface area contributed by atoms with E-state index in [0.29, 0.717) is 0 Å². The first-order valence-electron chi connectivity index (χ1n) is 6.94. The number of nitrogens with one attached hydrogen (secondary N) is 2. The molecule has 1 aromatic heterocycles. The highest BCUT2D eigenvalue weighted by atomic mass is 32.1. The fourth-order valence-electron chi connectivity index (χ4n) is 2.04. The summed E-state index contributed by atoms with van der Waals surface area (Å²) < 4.78 is 5.33. The third-order valence-corrected chi connectivity index (χ3v) is 4.06. The second-order valence-corrected chi connectivity index (χ2v) is 5.97. The average molecular weight is 297 g/mol. The third-order valence-electron chi connectivity index (χ3n) is 3.15. The Bertz CT molecular complexity index is 428. The molecule has 1 saturated heterocycles. The molecule has 1 aliphatic heterocycles. The van der Waals surface area contributed by atoms with Gasteiger partial charge in [0.15, 0.2) is 5.96 Å². The van der Waals surface area contributed by atoms with Crippen molar-refractivity contribution < 1.29 is 4.74 Å².